The van der Waals surface area contributed by atoms with Crippen molar-refractivity contribution in [3.63, 3.8) is 0 Å². The number of hydrogen-bond acceptors (Lipinski definition) is 3. The second kappa shape index (κ2) is 4.41. The van der Waals surface area contributed by atoms with Crippen molar-refractivity contribution < 1.29 is 18.5 Å². The number of amides is 1. The van der Waals surface area contributed by atoms with Gasteiger partial charge in [-0.15, -0.1) is 0 Å². The summed E-state index contributed by atoms with van der Waals surface area (Å²) in [6.45, 7) is 0.922. The third-order valence-corrected chi connectivity index (χ3v) is 3.61. The molecule has 1 aromatic rings. The lowest BCUT2D eigenvalue weighted by Gasteiger charge is -2.05. The number of hydrogen-bond donors (Lipinski definition) is 1. The van der Waals surface area contributed by atoms with Crippen LogP contribution < -0.4 is 10.5 Å². The normalized spacial score (nSPS) is 20.6. The lowest BCUT2D eigenvalue weighted by atomic mass is 10.1. The van der Waals surface area contributed by atoms with E-state index in [0.717, 1.165) is 0 Å². The van der Waals surface area contributed by atoms with Crippen molar-refractivity contribution in [1.82, 2.24) is 0 Å². The zero-order chi connectivity index (χ0) is 13.6. The smallest absolute Gasteiger partial charge is 0.329 e. The van der Waals surface area contributed by atoms with Crippen molar-refractivity contribution in [2.75, 3.05) is 13.2 Å². The van der Waals surface area contributed by atoms with E-state index in [1.807, 2.05) is 4.58 Å². The predicted molar refractivity (Wildman–Crippen MR) is 70.3 cm³/mol. The maximum Gasteiger partial charge on any atom is 0.329 e. The molecule has 0 spiro atoms. The molecule has 2 aliphatic heterocycles. The van der Waals surface area contributed by atoms with E-state index < -0.39 is 17.8 Å². The molecule has 98 valence electrons. The molecule has 1 atom stereocenters. The monoisotopic (exact) mass is 326 g/mol. The van der Waals surface area contributed by atoms with Gasteiger partial charge in [0, 0.05) is 6.07 Å². The number of rotatable bonds is 1. The van der Waals surface area contributed by atoms with E-state index in [0.29, 0.717) is 34.8 Å². The molecule has 5 nitrogen and oxygen atoms in total. The number of nitrogens with two attached hydrogens (primary N) is 1. The van der Waals surface area contributed by atoms with Crippen LogP contribution in [0.15, 0.2) is 21.6 Å². The first kappa shape index (κ1) is 12.3. The molecule has 2 N–H and O–H groups in total. The van der Waals surface area contributed by atoms with Crippen LogP contribution in [0.3, 0.4) is 0 Å². The molecule has 3 rings (SSSR count). The van der Waals surface area contributed by atoms with Crippen LogP contribution in [0.4, 0.5) is 4.39 Å². The minimum atomic E-state index is -0.676. The molecule has 0 saturated heterocycles. The Hall–Kier alpha value is -1.76. The van der Waals surface area contributed by atoms with Crippen LogP contribution >= 0.6 is 15.9 Å². The lowest BCUT2D eigenvalue weighted by molar-refractivity contribution is -0.399. The zero-order valence-electron chi connectivity index (χ0n) is 9.77. The molecule has 0 fully saturated rings. The number of aliphatic imine (C=N–C) groups is 1. The summed E-state index contributed by atoms with van der Waals surface area (Å²) in [7, 11) is 0. The predicted octanol–water partition coefficient (Wildman–Crippen LogP) is 0.678. The number of carbonyl (C=O) groups excluding carboxylic acids is 1. The van der Waals surface area contributed by atoms with Gasteiger partial charge in [0.25, 0.3) is 11.9 Å². The fourth-order valence-electron chi connectivity index (χ4n) is 2.10. The first-order valence-electron chi connectivity index (χ1n) is 5.67. The van der Waals surface area contributed by atoms with E-state index in [2.05, 4.69) is 20.9 Å². The van der Waals surface area contributed by atoms with Gasteiger partial charge in [0.15, 0.2) is 0 Å². The van der Waals surface area contributed by atoms with Crippen LogP contribution in [-0.2, 0) is 4.79 Å². The van der Waals surface area contributed by atoms with Crippen molar-refractivity contribution in [2.24, 2.45) is 10.7 Å². The molecule has 2 aliphatic rings. The van der Waals surface area contributed by atoms with Gasteiger partial charge in [0.05, 0.1) is 4.47 Å². The van der Waals surface area contributed by atoms with Gasteiger partial charge in [-0.25, -0.2) is 8.97 Å². The Kier molecular flexibility index (Phi) is 2.85. The first-order valence-corrected chi connectivity index (χ1v) is 6.46. The van der Waals surface area contributed by atoms with E-state index >= 15 is 0 Å². The number of nitrogens with zero attached hydrogens (tertiary/aromatic N) is 2. The highest BCUT2D eigenvalue weighted by molar-refractivity contribution is 9.10. The molecule has 7 heteroatoms. The third kappa shape index (κ3) is 2.03. The fraction of sp³-hybridized carbons (Fsp3) is 0.250. The highest BCUT2D eigenvalue weighted by atomic mass is 79.9. The highest BCUT2D eigenvalue weighted by Crippen LogP contribution is 2.29. The molecule has 1 aromatic carbocycles. The Labute approximate surface area is 116 Å². The first-order chi connectivity index (χ1) is 9.06. The van der Waals surface area contributed by atoms with E-state index in [9.17, 15) is 9.18 Å². The maximum atomic E-state index is 13.5. The summed E-state index contributed by atoms with van der Waals surface area (Å²) in [6.07, 6.45) is 1.66. The quantitative estimate of drug-likeness (QED) is 0.771. The number of carbonyl (C=O) groups is 1. The van der Waals surface area contributed by atoms with Crippen molar-refractivity contribution in [1.29, 1.82) is 0 Å². The van der Waals surface area contributed by atoms with Crippen molar-refractivity contribution in [3.05, 3.63) is 28.0 Å². The van der Waals surface area contributed by atoms with Gasteiger partial charge in [-0.1, -0.05) is 4.99 Å². The molecule has 2 heterocycles. The number of ether oxygens (including phenoxy) is 1. The summed E-state index contributed by atoms with van der Waals surface area (Å²) < 4.78 is 21.2. The largest absolute Gasteiger partial charge is 0.488 e. The molecule has 1 amide bonds. The van der Waals surface area contributed by atoms with Gasteiger partial charge >= 0.3 is 5.84 Å². The molecule has 1 unspecified atom stereocenters. The molecular weight excluding hydrogens is 317 g/mol. The Balaban J connectivity index is 2.15. The average molecular weight is 327 g/mol. The minimum Gasteiger partial charge on any atom is -0.488 e. The van der Waals surface area contributed by atoms with E-state index in [4.69, 9.17) is 10.5 Å². The van der Waals surface area contributed by atoms with Gasteiger partial charge in [0.1, 0.15) is 36.5 Å². The van der Waals surface area contributed by atoms with Crippen LogP contribution in [0.1, 0.15) is 5.56 Å². The second-order valence-corrected chi connectivity index (χ2v) is 5.11. The SMILES string of the molecule is NC(=O)C1C=[N+]2CCOc3cc(F)c(Br)cc3C2=N1. The highest BCUT2D eigenvalue weighted by Gasteiger charge is 2.36. The van der Waals surface area contributed by atoms with Gasteiger partial charge in [0.2, 0.25) is 0 Å². The molecular formula is C12H10BrFN3O2+. The zero-order valence-corrected chi connectivity index (χ0v) is 11.4. The summed E-state index contributed by atoms with van der Waals surface area (Å²) in [5.41, 5.74) is 5.90. The van der Waals surface area contributed by atoms with Gasteiger partial charge in [-0.05, 0) is 22.0 Å². The Morgan fingerprint density at radius 3 is 3.11 bits per heavy atom. The molecule has 0 radical (unpaired) electrons. The van der Waals surface area contributed by atoms with Crippen molar-refractivity contribution >= 4 is 33.9 Å². The Morgan fingerprint density at radius 1 is 1.58 bits per heavy atom. The summed E-state index contributed by atoms with van der Waals surface area (Å²) in [6, 6.07) is 2.23. The molecule has 0 aliphatic carbocycles. The number of amidine groups is 1. The minimum absolute atomic E-state index is 0.321. The van der Waals surface area contributed by atoms with E-state index in [1.165, 1.54) is 6.07 Å². The van der Waals surface area contributed by atoms with Crippen LogP contribution in [0.5, 0.6) is 5.75 Å². The fourth-order valence-corrected chi connectivity index (χ4v) is 2.44. The summed E-state index contributed by atoms with van der Waals surface area (Å²) >= 11 is 3.13. The topological polar surface area (TPSA) is 67.7 Å². The third-order valence-electron chi connectivity index (χ3n) is 3.00. The molecule has 0 bridgehead atoms. The van der Waals surface area contributed by atoms with Crippen molar-refractivity contribution in [3.8, 4) is 5.75 Å². The van der Waals surface area contributed by atoms with Crippen LogP contribution in [-0.4, -0.2) is 41.7 Å². The maximum absolute atomic E-state index is 13.5. The average Bonchev–Trinajstić information content (AvgIpc) is 2.71. The van der Waals surface area contributed by atoms with Crippen LogP contribution in [0.2, 0.25) is 0 Å². The van der Waals surface area contributed by atoms with E-state index in [1.54, 1.807) is 12.3 Å². The van der Waals surface area contributed by atoms with Gasteiger partial charge in [-0.3, -0.25) is 4.79 Å². The van der Waals surface area contributed by atoms with Gasteiger partial charge < -0.3 is 10.5 Å². The second-order valence-electron chi connectivity index (χ2n) is 4.25. The van der Waals surface area contributed by atoms with Crippen LogP contribution in [0, 0.1) is 5.82 Å². The van der Waals surface area contributed by atoms with Crippen molar-refractivity contribution in [2.45, 2.75) is 6.04 Å². The van der Waals surface area contributed by atoms with Gasteiger partial charge in [-0.2, -0.15) is 0 Å². The molecule has 19 heavy (non-hydrogen) atoms. The van der Waals surface area contributed by atoms with Crippen LogP contribution in [0.25, 0.3) is 0 Å². The molecule has 0 saturated carbocycles. The summed E-state index contributed by atoms with van der Waals surface area (Å²) in [5, 5.41) is 0. The van der Waals surface area contributed by atoms with E-state index in [-0.39, 0.29) is 0 Å². The standard InChI is InChI=1S/C12H9BrFN3O2/c13-7-3-6-10(4-8(7)14)19-2-1-17-5-9(11(15)18)16-12(6)17/h3-5,9H,1-2H2,(H-,15,18)/p+1. The summed E-state index contributed by atoms with van der Waals surface area (Å²) in [4.78, 5) is 15.5. The molecule has 0 aromatic heterocycles. The number of halogens is 2. The Bertz CT molecular complexity index is 642. The number of benzene rings is 1. The number of fused-ring (bicyclic) bond motifs is 3. The lowest BCUT2D eigenvalue weighted by Crippen LogP contribution is -2.28. The summed E-state index contributed by atoms with van der Waals surface area (Å²) in [5.74, 6) is 0.0860. The number of primary amides is 1. The Morgan fingerprint density at radius 2 is 2.37 bits per heavy atom.